The molecule has 2 rings (SSSR count). The van der Waals surface area contributed by atoms with E-state index in [0.717, 1.165) is 73.5 Å². The number of ether oxygens (including phenoxy) is 4. The van der Waals surface area contributed by atoms with Gasteiger partial charge < -0.3 is 18.9 Å². The molecule has 2 atom stereocenters. The molecule has 6 nitrogen and oxygen atoms in total. The van der Waals surface area contributed by atoms with E-state index in [1.165, 1.54) is 0 Å². The standard InChI is InChI=1S/C33H46O6/c1-8-10-12-16-26(38-32(34)23(3)4)21-36-30-20-25(7)31(29-19-15-14-18-28(29)30)37-22-27(17-13-11-9-2)39-33(35)24(5)6/h14-15,18-20,26-27H,3,5,8-13,16-17,21-22H2,1-2,4,6-7H3. The molecule has 214 valence electrons. The maximum absolute atomic E-state index is 12.2. The summed E-state index contributed by atoms with van der Waals surface area (Å²) < 4.78 is 23.9. The first kappa shape index (κ1) is 31.9. The summed E-state index contributed by atoms with van der Waals surface area (Å²) >= 11 is 0. The quantitative estimate of drug-likeness (QED) is 0.109. The molecule has 2 aromatic carbocycles. The SMILES string of the molecule is C=C(C)C(=O)OC(CCCCC)COc1cc(C)c(OCC(CCCCC)OC(=O)C(=C)C)c2ccccc12. The highest BCUT2D eigenvalue weighted by Gasteiger charge is 2.20. The Morgan fingerprint density at radius 3 is 1.74 bits per heavy atom. The normalized spacial score (nSPS) is 12.4. The minimum absolute atomic E-state index is 0.253. The van der Waals surface area contributed by atoms with Crippen molar-refractivity contribution in [2.24, 2.45) is 0 Å². The summed E-state index contributed by atoms with van der Waals surface area (Å²) in [6.07, 6.45) is 6.95. The van der Waals surface area contributed by atoms with Gasteiger partial charge in [0.1, 0.15) is 36.9 Å². The number of carbonyl (C=O) groups excluding carboxylic acids is 2. The van der Waals surface area contributed by atoms with Crippen LogP contribution in [0.15, 0.2) is 54.6 Å². The Morgan fingerprint density at radius 1 is 0.769 bits per heavy atom. The number of hydrogen-bond acceptors (Lipinski definition) is 6. The molecule has 0 saturated carbocycles. The van der Waals surface area contributed by atoms with Gasteiger partial charge in [-0.2, -0.15) is 0 Å². The lowest BCUT2D eigenvalue weighted by atomic mass is 10.0. The van der Waals surface area contributed by atoms with E-state index in [-0.39, 0.29) is 25.4 Å². The second kappa shape index (κ2) is 16.6. The largest absolute Gasteiger partial charge is 0.489 e. The highest BCUT2D eigenvalue weighted by Crippen LogP contribution is 2.37. The summed E-state index contributed by atoms with van der Waals surface area (Å²) in [5.41, 5.74) is 1.66. The van der Waals surface area contributed by atoms with Gasteiger partial charge in [-0.25, -0.2) is 9.59 Å². The van der Waals surface area contributed by atoms with E-state index in [2.05, 4.69) is 27.0 Å². The van der Waals surface area contributed by atoms with E-state index in [0.29, 0.717) is 16.9 Å². The minimum Gasteiger partial charge on any atom is -0.489 e. The number of benzene rings is 2. The average molecular weight is 539 g/mol. The smallest absolute Gasteiger partial charge is 0.333 e. The predicted octanol–water partition coefficient (Wildman–Crippen LogP) is 8.04. The molecular weight excluding hydrogens is 492 g/mol. The molecule has 0 heterocycles. The summed E-state index contributed by atoms with van der Waals surface area (Å²) in [5.74, 6) is 0.644. The zero-order chi connectivity index (χ0) is 28.8. The van der Waals surface area contributed by atoms with Gasteiger partial charge in [0.25, 0.3) is 0 Å². The fourth-order valence-electron chi connectivity index (χ4n) is 4.22. The van der Waals surface area contributed by atoms with Crippen LogP contribution in [-0.4, -0.2) is 37.4 Å². The molecule has 39 heavy (non-hydrogen) atoms. The van der Waals surface area contributed by atoms with Crippen molar-refractivity contribution < 1.29 is 28.5 Å². The first-order valence-corrected chi connectivity index (χ1v) is 14.2. The Hall–Kier alpha value is -3.28. The lowest BCUT2D eigenvalue weighted by Gasteiger charge is -2.22. The number of rotatable bonds is 18. The van der Waals surface area contributed by atoms with Gasteiger partial charge in [0.15, 0.2) is 0 Å². The van der Waals surface area contributed by atoms with Gasteiger partial charge in [0.2, 0.25) is 0 Å². The summed E-state index contributed by atoms with van der Waals surface area (Å²) in [6.45, 7) is 17.5. The molecule has 2 unspecified atom stereocenters. The molecule has 0 aliphatic rings. The van der Waals surface area contributed by atoms with Gasteiger partial charge in [-0.1, -0.05) is 77.0 Å². The maximum atomic E-state index is 12.2. The van der Waals surface area contributed by atoms with Crippen molar-refractivity contribution in [3.05, 3.63) is 60.2 Å². The number of esters is 2. The van der Waals surface area contributed by atoms with Gasteiger partial charge in [-0.15, -0.1) is 0 Å². The molecule has 0 fully saturated rings. The zero-order valence-corrected chi connectivity index (χ0v) is 24.5. The van der Waals surface area contributed by atoms with E-state index in [4.69, 9.17) is 18.9 Å². The monoisotopic (exact) mass is 538 g/mol. The summed E-state index contributed by atoms with van der Waals surface area (Å²) in [4.78, 5) is 24.4. The predicted molar refractivity (Wildman–Crippen MR) is 157 cm³/mol. The Bertz CT molecular complexity index is 1120. The molecule has 0 bridgehead atoms. The molecule has 0 spiro atoms. The van der Waals surface area contributed by atoms with Gasteiger partial charge >= 0.3 is 11.9 Å². The van der Waals surface area contributed by atoms with E-state index in [1.807, 2.05) is 37.3 Å². The first-order valence-electron chi connectivity index (χ1n) is 14.2. The molecule has 0 radical (unpaired) electrons. The highest BCUT2D eigenvalue weighted by molar-refractivity contribution is 5.94. The molecule has 0 amide bonds. The summed E-state index contributed by atoms with van der Waals surface area (Å²) in [6, 6.07) is 9.85. The molecule has 0 aromatic heterocycles. The van der Waals surface area contributed by atoms with E-state index >= 15 is 0 Å². The Balaban J connectivity index is 2.23. The fraction of sp³-hybridized carbons (Fsp3) is 0.515. The minimum atomic E-state index is -0.397. The van der Waals surface area contributed by atoms with Crippen LogP contribution in [0.5, 0.6) is 11.5 Å². The molecule has 0 aliphatic carbocycles. The molecule has 2 aromatic rings. The Morgan fingerprint density at radius 2 is 1.26 bits per heavy atom. The van der Waals surface area contributed by atoms with Crippen LogP contribution in [0.2, 0.25) is 0 Å². The third kappa shape index (κ3) is 10.4. The van der Waals surface area contributed by atoms with Gasteiger partial charge in [0.05, 0.1) is 0 Å². The topological polar surface area (TPSA) is 71.1 Å². The molecule has 6 heteroatoms. The Kier molecular flexibility index (Phi) is 13.6. The van der Waals surface area contributed by atoms with Crippen LogP contribution in [0, 0.1) is 6.92 Å². The van der Waals surface area contributed by atoms with Crippen molar-refractivity contribution in [3.8, 4) is 11.5 Å². The van der Waals surface area contributed by atoms with Crippen LogP contribution in [-0.2, 0) is 19.1 Å². The van der Waals surface area contributed by atoms with Crippen LogP contribution < -0.4 is 9.47 Å². The van der Waals surface area contributed by atoms with Gasteiger partial charge in [-0.3, -0.25) is 0 Å². The van der Waals surface area contributed by atoms with Crippen molar-refractivity contribution in [2.45, 2.75) is 98.2 Å². The molecule has 0 N–H and O–H groups in total. The lowest BCUT2D eigenvalue weighted by Crippen LogP contribution is -2.26. The number of carbonyl (C=O) groups is 2. The molecule has 0 aliphatic heterocycles. The number of unbranched alkanes of at least 4 members (excludes halogenated alkanes) is 4. The van der Waals surface area contributed by atoms with Crippen molar-refractivity contribution in [1.82, 2.24) is 0 Å². The fourth-order valence-corrected chi connectivity index (χ4v) is 4.22. The summed E-state index contributed by atoms with van der Waals surface area (Å²) in [5, 5.41) is 1.81. The molecular formula is C33H46O6. The van der Waals surface area contributed by atoms with E-state index in [9.17, 15) is 9.59 Å². The van der Waals surface area contributed by atoms with E-state index in [1.54, 1.807) is 13.8 Å². The van der Waals surface area contributed by atoms with Gasteiger partial charge in [0, 0.05) is 21.9 Å². The van der Waals surface area contributed by atoms with Crippen LogP contribution >= 0.6 is 0 Å². The highest BCUT2D eigenvalue weighted by atomic mass is 16.6. The lowest BCUT2D eigenvalue weighted by molar-refractivity contribution is -0.147. The number of fused-ring (bicyclic) bond motifs is 1. The van der Waals surface area contributed by atoms with Crippen LogP contribution in [0.25, 0.3) is 10.8 Å². The van der Waals surface area contributed by atoms with Crippen molar-refractivity contribution in [2.75, 3.05) is 13.2 Å². The number of hydrogen-bond donors (Lipinski definition) is 0. The third-order valence-corrected chi connectivity index (χ3v) is 6.48. The third-order valence-electron chi connectivity index (χ3n) is 6.48. The second-order valence-corrected chi connectivity index (χ2v) is 10.3. The van der Waals surface area contributed by atoms with Crippen LogP contribution in [0.4, 0.5) is 0 Å². The average Bonchev–Trinajstić information content (AvgIpc) is 2.90. The van der Waals surface area contributed by atoms with E-state index < -0.39 is 11.9 Å². The van der Waals surface area contributed by atoms with Crippen LogP contribution in [0.3, 0.4) is 0 Å². The number of aryl methyl sites for hydroxylation is 1. The zero-order valence-electron chi connectivity index (χ0n) is 24.5. The summed E-state index contributed by atoms with van der Waals surface area (Å²) in [7, 11) is 0. The van der Waals surface area contributed by atoms with Crippen LogP contribution in [0.1, 0.15) is 84.6 Å². The Labute approximate surface area is 234 Å². The maximum Gasteiger partial charge on any atom is 0.333 e. The van der Waals surface area contributed by atoms with Gasteiger partial charge in [-0.05, 0) is 58.1 Å². The second-order valence-electron chi connectivity index (χ2n) is 10.3. The van der Waals surface area contributed by atoms with Crippen molar-refractivity contribution in [3.63, 3.8) is 0 Å². The van der Waals surface area contributed by atoms with Crippen molar-refractivity contribution >= 4 is 22.7 Å². The first-order chi connectivity index (χ1) is 18.7. The molecule has 0 saturated heterocycles. The van der Waals surface area contributed by atoms with Crippen molar-refractivity contribution in [1.29, 1.82) is 0 Å².